The number of hydrogen-bond acceptors (Lipinski definition) is 3. The lowest BCUT2D eigenvalue weighted by molar-refractivity contribution is -0.143. The van der Waals surface area contributed by atoms with Gasteiger partial charge in [-0.1, -0.05) is 13.8 Å². The van der Waals surface area contributed by atoms with Crippen molar-refractivity contribution in [2.75, 3.05) is 6.54 Å². The summed E-state index contributed by atoms with van der Waals surface area (Å²) in [5.74, 6) is -1.08. The van der Waals surface area contributed by atoms with Crippen LogP contribution in [0, 0.1) is 0 Å². The summed E-state index contributed by atoms with van der Waals surface area (Å²) < 4.78 is 0. The number of hydrogen-bond donors (Lipinski definition) is 1. The number of carbonyl (C=O) groups excluding carboxylic acids is 1. The number of carboxylic acids is 1. The summed E-state index contributed by atoms with van der Waals surface area (Å²) in [6.07, 6.45) is 2.28. The molecule has 0 bridgehead atoms. The Morgan fingerprint density at radius 1 is 1.24 bits per heavy atom. The van der Waals surface area contributed by atoms with E-state index in [-0.39, 0.29) is 5.91 Å². The first-order valence-corrected chi connectivity index (χ1v) is 8.17. The van der Waals surface area contributed by atoms with Gasteiger partial charge in [0.25, 0.3) is 5.91 Å². The van der Waals surface area contributed by atoms with Gasteiger partial charge in [-0.05, 0) is 43.5 Å². The number of nitrogens with zero attached hydrogens (tertiary/aromatic N) is 1. The summed E-state index contributed by atoms with van der Waals surface area (Å²) in [5, 5.41) is 9.74. The van der Waals surface area contributed by atoms with Crippen molar-refractivity contribution in [2.24, 2.45) is 0 Å². The van der Waals surface area contributed by atoms with Gasteiger partial charge in [-0.2, -0.15) is 0 Å². The second kappa shape index (κ2) is 6.98. The Hall–Kier alpha value is -1.49. The zero-order chi connectivity index (χ0) is 15.4. The molecule has 1 amide bonds. The molecule has 1 aliphatic heterocycles. The van der Waals surface area contributed by atoms with Crippen LogP contribution in [0.15, 0.2) is 29.2 Å². The maximum atomic E-state index is 12.5. The Bertz CT molecular complexity index is 513. The number of amides is 1. The van der Waals surface area contributed by atoms with E-state index in [1.165, 1.54) is 4.90 Å². The molecule has 1 aromatic carbocycles. The van der Waals surface area contributed by atoms with Gasteiger partial charge in [-0.3, -0.25) is 4.79 Å². The molecule has 114 valence electrons. The highest BCUT2D eigenvalue weighted by Crippen LogP contribution is 2.24. The number of carbonyl (C=O) groups is 2. The van der Waals surface area contributed by atoms with E-state index in [0.29, 0.717) is 23.8 Å². The van der Waals surface area contributed by atoms with Gasteiger partial charge in [0.15, 0.2) is 0 Å². The third-order valence-corrected chi connectivity index (χ3v) is 4.54. The third kappa shape index (κ3) is 4.00. The minimum absolute atomic E-state index is 0.178. The predicted octanol–water partition coefficient (Wildman–Crippen LogP) is 3.27. The number of carboxylic acid groups (broad SMARTS) is 1. The van der Waals surface area contributed by atoms with Gasteiger partial charge in [0, 0.05) is 22.3 Å². The molecule has 1 aromatic rings. The fourth-order valence-electron chi connectivity index (χ4n) is 2.55. The molecule has 0 radical (unpaired) electrons. The summed E-state index contributed by atoms with van der Waals surface area (Å²) in [4.78, 5) is 26.4. The van der Waals surface area contributed by atoms with Gasteiger partial charge in [0.2, 0.25) is 0 Å². The van der Waals surface area contributed by atoms with Crippen LogP contribution in [0.1, 0.15) is 43.5 Å². The van der Waals surface area contributed by atoms with Crippen molar-refractivity contribution in [3.8, 4) is 0 Å². The lowest BCUT2D eigenvalue weighted by Gasteiger charge is -2.33. The first kappa shape index (κ1) is 15.9. The molecule has 1 aliphatic rings. The van der Waals surface area contributed by atoms with Crippen molar-refractivity contribution in [1.82, 2.24) is 4.90 Å². The minimum Gasteiger partial charge on any atom is -0.480 e. The molecule has 1 unspecified atom stereocenters. The fraction of sp³-hybridized carbons (Fsp3) is 0.500. The van der Waals surface area contributed by atoms with Crippen molar-refractivity contribution in [3.63, 3.8) is 0 Å². The normalized spacial score (nSPS) is 18.8. The topological polar surface area (TPSA) is 57.6 Å². The average molecular weight is 307 g/mol. The lowest BCUT2D eigenvalue weighted by atomic mass is 10.0. The van der Waals surface area contributed by atoms with Crippen LogP contribution in [-0.2, 0) is 4.79 Å². The Morgan fingerprint density at radius 2 is 1.90 bits per heavy atom. The van der Waals surface area contributed by atoms with Crippen molar-refractivity contribution < 1.29 is 14.7 Å². The second-order valence-corrected chi connectivity index (χ2v) is 7.19. The van der Waals surface area contributed by atoms with Crippen LogP contribution < -0.4 is 0 Å². The van der Waals surface area contributed by atoms with E-state index >= 15 is 0 Å². The average Bonchev–Trinajstić information content (AvgIpc) is 2.46. The molecule has 1 saturated heterocycles. The number of likely N-dealkylation sites (tertiary alicyclic amines) is 1. The van der Waals surface area contributed by atoms with Crippen molar-refractivity contribution >= 4 is 23.6 Å². The predicted molar refractivity (Wildman–Crippen MR) is 83.7 cm³/mol. The van der Waals surface area contributed by atoms with Crippen molar-refractivity contribution in [3.05, 3.63) is 29.8 Å². The van der Waals surface area contributed by atoms with E-state index < -0.39 is 12.0 Å². The molecule has 0 aliphatic carbocycles. The van der Waals surface area contributed by atoms with Crippen molar-refractivity contribution in [1.29, 1.82) is 0 Å². The van der Waals surface area contributed by atoms with Crippen LogP contribution in [0.3, 0.4) is 0 Å². The van der Waals surface area contributed by atoms with E-state index in [9.17, 15) is 14.7 Å². The smallest absolute Gasteiger partial charge is 0.326 e. The maximum absolute atomic E-state index is 12.5. The Morgan fingerprint density at radius 3 is 2.48 bits per heavy atom. The molecule has 1 atom stereocenters. The van der Waals surface area contributed by atoms with E-state index in [1.807, 2.05) is 12.1 Å². The van der Waals surface area contributed by atoms with Gasteiger partial charge < -0.3 is 10.0 Å². The zero-order valence-electron chi connectivity index (χ0n) is 12.4. The Balaban J connectivity index is 2.12. The minimum atomic E-state index is -0.907. The van der Waals surface area contributed by atoms with Gasteiger partial charge >= 0.3 is 5.97 Å². The van der Waals surface area contributed by atoms with Gasteiger partial charge in [-0.25, -0.2) is 4.79 Å². The molecule has 1 N–H and O–H groups in total. The third-order valence-electron chi connectivity index (χ3n) is 3.52. The highest BCUT2D eigenvalue weighted by atomic mass is 32.2. The van der Waals surface area contributed by atoms with Gasteiger partial charge in [0.05, 0.1) is 0 Å². The number of benzene rings is 1. The van der Waals surface area contributed by atoms with E-state index in [4.69, 9.17) is 0 Å². The largest absolute Gasteiger partial charge is 0.480 e. The standard InChI is InChI=1S/C16H21NO3S/c1-11(2)21-13-8-6-12(7-9-13)15(18)17-10-4-3-5-14(17)16(19)20/h6-9,11,14H,3-5,10H2,1-2H3,(H,19,20). The van der Waals surface area contributed by atoms with Crippen LogP contribution in [0.2, 0.25) is 0 Å². The highest BCUT2D eigenvalue weighted by molar-refractivity contribution is 7.99. The number of aliphatic carboxylic acids is 1. The molecule has 0 aromatic heterocycles. The Kier molecular flexibility index (Phi) is 5.28. The molecule has 0 spiro atoms. The summed E-state index contributed by atoms with van der Waals surface area (Å²) in [6.45, 7) is 4.77. The van der Waals surface area contributed by atoms with Crippen LogP contribution in [-0.4, -0.2) is 39.7 Å². The number of thioether (sulfide) groups is 1. The summed E-state index contributed by atoms with van der Waals surface area (Å²) in [6, 6.07) is 6.76. The number of piperidine rings is 1. The molecule has 1 heterocycles. The Labute approximate surface area is 129 Å². The maximum Gasteiger partial charge on any atom is 0.326 e. The molecule has 1 fully saturated rings. The SMILES string of the molecule is CC(C)Sc1ccc(C(=O)N2CCCCC2C(=O)O)cc1. The van der Waals surface area contributed by atoms with Crippen LogP contribution >= 0.6 is 11.8 Å². The molecule has 5 heteroatoms. The highest BCUT2D eigenvalue weighted by Gasteiger charge is 2.32. The van der Waals surface area contributed by atoms with E-state index in [1.54, 1.807) is 23.9 Å². The number of rotatable bonds is 4. The van der Waals surface area contributed by atoms with Crippen molar-refractivity contribution in [2.45, 2.75) is 49.3 Å². The van der Waals surface area contributed by atoms with Crippen LogP contribution in [0.5, 0.6) is 0 Å². The molecule has 0 saturated carbocycles. The summed E-state index contributed by atoms with van der Waals surface area (Å²) >= 11 is 1.74. The molecular weight excluding hydrogens is 286 g/mol. The fourth-order valence-corrected chi connectivity index (χ4v) is 3.38. The quantitative estimate of drug-likeness (QED) is 0.867. The first-order valence-electron chi connectivity index (χ1n) is 7.29. The summed E-state index contributed by atoms with van der Waals surface area (Å²) in [5.41, 5.74) is 0.566. The van der Waals surface area contributed by atoms with E-state index in [2.05, 4.69) is 13.8 Å². The molecule has 21 heavy (non-hydrogen) atoms. The first-order chi connectivity index (χ1) is 9.99. The summed E-state index contributed by atoms with van der Waals surface area (Å²) in [7, 11) is 0. The molecule has 2 rings (SSSR count). The lowest BCUT2D eigenvalue weighted by Crippen LogP contribution is -2.47. The van der Waals surface area contributed by atoms with Crippen LogP contribution in [0.25, 0.3) is 0 Å². The molecular formula is C16H21NO3S. The van der Waals surface area contributed by atoms with Crippen LogP contribution in [0.4, 0.5) is 0 Å². The molecule has 4 nitrogen and oxygen atoms in total. The second-order valence-electron chi connectivity index (χ2n) is 5.54. The van der Waals surface area contributed by atoms with Gasteiger partial charge in [-0.15, -0.1) is 11.8 Å². The van der Waals surface area contributed by atoms with Gasteiger partial charge in [0.1, 0.15) is 6.04 Å². The monoisotopic (exact) mass is 307 g/mol. The van der Waals surface area contributed by atoms with E-state index in [0.717, 1.165) is 17.7 Å². The zero-order valence-corrected chi connectivity index (χ0v) is 13.2.